The molecule has 3 heterocycles. The molecule has 0 aliphatic carbocycles. The molecule has 8 heteroatoms. The molecule has 2 aliphatic rings. The van der Waals surface area contributed by atoms with Crippen LogP contribution in [0, 0.1) is 0 Å². The Bertz CT molecular complexity index is 1450. The van der Waals surface area contributed by atoms with Crippen molar-refractivity contribution < 1.29 is 18.8 Å². The summed E-state index contributed by atoms with van der Waals surface area (Å²) in [5, 5.41) is 7.41. The van der Waals surface area contributed by atoms with Crippen molar-refractivity contribution in [3.63, 3.8) is 0 Å². The number of ether oxygens (including phenoxy) is 2. The first-order valence-electron chi connectivity index (χ1n) is 12.3. The van der Waals surface area contributed by atoms with Gasteiger partial charge in [-0.05, 0) is 49.1 Å². The minimum atomic E-state index is -0.413. The quantitative estimate of drug-likeness (QED) is 0.360. The van der Waals surface area contributed by atoms with E-state index in [0.29, 0.717) is 29.8 Å². The summed E-state index contributed by atoms with van der Waals surface area (Å²) in [5.41, 5.74) is 4.52. The number of benzene rings is 3. The molecule has 0 spiro atoms. The average Bonchev–Trinajstić information content (AvgIpc) is 3.61. The zero-order valence-electron chi connectivity index (χ0n) is 20.4. The molecule has 6 rings (SSSR count). The highest BCUT2D eigenvalue weighted by molar-refractivity contribution is 5.86. The average molecular weight is 495 g/mol. The number of aromatic nitrogens is 2. The number of carbonyl (C=O) groups is 1. The van der Waals surface area contributed by atoms with Crippen molar-refractivity contribution in [3.8, 4) is 22.9 Å². The van der Waals surface area contributed by atoms with Crippen LogP contribution >= 0.6 is 0 Å². The number of nitrogens with zero attached hydrogens (tertiary/aromatic N) is 3. The van der Waals surface area contributed by atoms with Gasteiger partial charge in [-0.1, -0.05) is 65.8 Å². The van der Waals surface area contributed by atoms with Crippen molar-refractivity contribution in [2.75, 3.05) is 13.3 Å². The van der Waals surface area contributed by atoms with Crippen LogP contribution in [-0.4, -0.2) is 34.4 Å². The van der Waals surface area contributed by atoms with Crippen molar-refractivity contribution in [2.45, 2.75) is 25.8 Å². The highest BCUT2D eigenvalue weighted by atomic mass is 16.7. The van der Waals surface area contributed by atoms with Gasteiger partial charge in [0.1, 0.15) is 0 Å². The molecular weight excluding hydrogens is 468 g/mol. The first-order valence-corrected chi connectivity index (χ1v) is 12.3. The fraction of sp³-hybridized carbons (Fsp3) is 0.207. The number of hydrogen-bond acceptors (Lipinski definition) is 6. The molecule has 3 aromatic carbocycles. The van der Waals surface area contributed by atoms with E-state index in [-0.39, 0.29) is 12.8 Å². The van der Waals surface area contributed by atoms with Gasteiger partial charge in [0.2, 0.25) is 12.6 Å². The van der Waals surface area contributed by atoms with E-state index in [1.54, 1.807) is 4.90 Å². The lowest BCUT2D eigenvalue weighted by molar-refractivity contribution is 0.174. The van der Waals surface area contributed by atoms with E-state index in [1.807, 2.05) is 73.7 Å². The summed E-state index contributed by atoms with van der Waals surface area (Å²) in [4.78, 5) is 19.7. The van der Waals surface area contributed by atoms with Crippen molar-refractivity contribution in [2.24, 2.45) is 0 Å². The largest absolute Gasteiger partial charge is 0.454 e. The summed E-state index contributed by atoms with van der Waals surface area (Å²) in [6.45, 7) is 2.71. The molecule has 0 fully saturated rings. The van der Waals surface area contributed by atoms with Gasteiger partial charge in [0.15, 0.2) is 11.5 Å². The van der Waals surface area contributed by atoms with Crippen LogP contribution in [0.2, 0.25) is 0 Å². The van der Waals surface area contributed by atoms with E-state index < -0.39 is 6.04 Å². The summed E-state index contributed by atoms with van der Waals surface area (Å²) in [5.74, 6) is 2.15. The lowest BCUT2D eigenvalue weighted by atomic mass is 9.94. The van der Waals surface area contributed by atoms with E-state index >= 15 is 0 Å². The van der Waals surface area contributed by atoms with Crippen LogP contribution in [0.25, 0.3) is 17.0 Å². The molecule has 8 nitrogen and oxygen atoms in total. The standard InChI is InChI=1S/C29H26N4O4/c1-19-25(28-31-27(32-37-28)22-14-15-23-24(17-22)36-18-35-23)26(21-12-6-3-7-13-21)30-29(34)33(19)16-8-11-20-9-4-2-5-10-20/h2-7,9-10,12-15,17,26H,8,11,16,18H2,1H3,(H,30,34). The molecule has 1 N–H and O–H groups in total. The topological polar surface area (TPSA) is 89.7 Å². The van der Waals surface area contributed by atoms with Gasteiger partial charge in [-0.25, -0.2) is 4.79 Å². The maximum atomic E-state index is 13.2. The normalized spacial score (nSPS) is 16.7. The molecular formula is C29H26N4O4. The number of carbonyl (C=O) groups excluding carboxylic acids is 1. The maximum absolute atomic E-state index is 13.2. The highest BCUT2D eigenvalue weighted by Crippen LogP contribution is 2.39. The van der Waals surface area contributed by atoms with Crippen LogP contribution in [0.3, 0.4) is 0 Å². The van der Waals surface area contributed by atoms with Crippen LogP contribution in [0.1, 0.15) is 36.4 Å². The summed E-state index contributed by atoms with van der Waals surface area (Å²) in [6.07, 6.45) is 1.70. The monoisotopic (exact) mass is 494 g/mol. The van der Waals surface area contributed by atoms with E-state index in [0.717, 1.165) is 35.2 Å². The number of aryl methyl sites for hydroxylation is 1. The summed E-state index contributed by atoms with van der Waals surface area (Å²) >= 11 is 0. The van der Waals surface area contributed by atoms with Gasteiger partial charge < -0.3 is 19.3 Å². The predicted octanol–water partition coefficient (Wildman–Crippen LogP) is 5.60. The third kappa shape index (κ3) is 4.53. The molecule has 0 saturated carbocycles. The van der Waals surface area contributed by atoms with Crippen molar-refractivity contribution in [1.82, 2.24) is 20.4 Å². The molecule has 2 amide bonds. The van der Waals surface area contributed by atoms with Gasteiger partial charge in [0.05, 0.1) is 11.6 Å². The predicted molar refractivity (Wildman–Crippen MR) is 138 cm³/mol. The smallest absolute Gasteiger partial charge is 0.322 e. The Morgan fingerprint density at radius 1 is 0.973 bits per heavy atom. The van der Waals surface area contributed by atoms with Crippen LogP contribution in [0.4, 0.5) is 4.79 Å². The number of urea groups is 1. The molecule has 2 aliphatic heterocycles. The molecule has 1 unspecified atom stereocenters. The van der Waals surface area contributed by atoms with Crippen molar-refractivity contribution >= 4 is 11.6 Å². The Morgan fingerprint density at radius 3 is 2.54 bits per heavy atom. The fourth-order valence-corrected chi connectivity index (χ4v) is 4.79. The van der Waals surface area contributed by atoms with E-state index in [4.69, 9.17) is 19.0 Å². The molecule has 37 heavy (non-hydrogen) atoms. The third-order valence-corrected chi connectivity index (χ3v) is 6.71. The van der Waals surface area contributed by atoms with Crippen molar-refractivity contribution in [1.29, 1.82) is 0 Å². The summed E-state index contributed by atoms with van der Waals surface area (Å²) in [6, 6.07) is 25.1. The van der Waals surface area contributed by atoms with Gasteiger partial charge in [-0.3, -0.25) is 4.90 Å². The minimum absolute atomic E-state index is 0.140. The van der Waals surface area contributed by atoms with E-state index in [2.05, 4.69) is 22.6 Å². The Kier molecular flexibility index (Phi) is 6.06. The Hall–Kier alpha value is -4.59. The molecule has 0 saturated heterocycles. The Morgan fingerprint density at radius 2 is 1.73 bits per heavy atom. The number of hydrogen-bond donors (Lipinski definition) is 1. The SMILES string of the molecule is CC1=C(c2nc(-c3ccc4c(c3)OCO4)no2)C(c2ccccc2)NC(=O)N1CCCc1ccccc1. The molecule has 1 atom stereocenters. The van der Waals surface area contributed by atoms with Gasteiger partial charge in [-0.2, -0.15) is 4.98 Å². The second kappa shape index (κ2) is 9.81. The molecule has 0 radical (unpaired) electrons. The van der Waals surface area contributed by atoms with Crippen LogP contribution < -0.4 is 14.8 Å². The Balaban J connectivity index is 1.33. The molecule has 1 aromatic heterocycles. The highest BCUT2D eigenvalue weighted by Gasteiger charge is 2.35. The first kappa shape index (κ1) is 22.8. The van der Waals surface area contributed by atoms with Gasteiger partial charge >= 0.3 is 6.03 Å². The van der Waals surface area contributed by atoms with Crippen LogP contribution in [0.5, 0.6) is 11.5 Å². The molecule has 186 valence electrons. The van der Waals surface area contributed by atoms with Gasteiger partial charge in [0, 0.05) is 17.8 Å². The number of nitrogens with one attached hydrogen (secondary N) is 1. The lowest BCUT2D eigenvalue weighted by Gasteiger charge is -2.35. The number of fused-ring (bicyclic) bond motifs is 1. The number of amides is 2. The zero-order valence-corrected chi connectivity index (χ0v) is 20.4. The van der Waals surface area contributed by atoms with E-state index in [1.165, 1.54) is 5.56 Å². The third-order valence-electron chi connectivity index (χ3n) is 6.71. The second-order valence-corrected chi connectivity index (χ2v) is 9.02. The number of allylic oxidation sites excluding steroid dienone is 1. The van der Waals surface area contributed by atoms with Crippen LogP contribution in [-0.2, 0) is 6.42 Å². The molecule has 4 aromatic rings. The number of rotatable bonds is 7. The van der Waals surface area contributed by atoms with Crippen LogP contribution in [0.15, 0.2) is 89.1 Å². The zero-order chi connectivity index (χ0) is 25.2. The maximum Gasteiger partial charge on any atom is 0.322 e. The van der Waals surface area contributed by atoms with E-state index in [9.17, 15) is 4.79 Å². The minimum Gasteiger partial charge on any atom is -0.454 e. The molecule has 0 bridgehead atoms. The van der Waals surface area contributed by atoms with Gasteiger partial charge in [0.25, 0.3) is 5.89 Å². The van der Waals surface area contributed by atoms with Gasteiger partial charge in [-0.15, -0.1) is 0 Å². The second-order valence-electron chi connectivity index (χ2n) is 9.02. The summed E-state index contributed by atoms with van der Waals surface area (Å²) < 4.78 is 16.7. The summed E-state index contributed by atoms with van der Waals surface area (Å²) in [7, 11) is 0. The Labute approximate surface area is 214 Å². The fourth-order valence-electron chi connectivity index (χ4n) is 4.79. The first-order chi connectivity index (χ1) is 18.2. The van der Waals surface area contributed by atoms with Crippen molar-refractivity contribution in [3.05, 3.63) is 102 Å². The lowest BCUT2D eigenvalue weighted by Crippen LogP contribution is -2.46.